The highest BCUT2D eigenvalue weighted by atomic mass is 16.2. The van der Waals surface area contributed by atoms with Crippen LogP contribution in [-0.2, 0) is 0 Å². The minimum atomic E-state index is 0.132. The van der Waals surface area contributed by atoms with Gasteiger partial charge in [-0.1, -0.05) is 25.0 Å². The summed E-state index contributed by atoms with van der Waals surface area (Å²) < 4.78 is 0. The molecule has 1 atom stereocenters. The van der Waals surface area contributed by atoms with Crippen LogP contribution in [0.15, 0.2) is 24.3 Å². The molecule has 0 spiro atoms. The van der Waals surface area contributed by atoms with Crippen LogP contribution < -0.4 is 5.73 Å². The summed E-state index contributed by atoms with van der Waals surface area (Å²) in [6.45, 7) is 0.897. The normalized spacial score (nSPS) is 24.0. The molecule has 1 saturated heterocycles. The Kier molecular flexibility index (Phi) is 3.45. The number of likely N-dealkylation sites (tertiary alicyclic amines) is 1. The number of nitrogen functional groups attached to an aromatic ring is 1. The summed E-state index contributed by atoms with van der Waals surface area (Å²) in [7, 11) is 0. The number of carbonyl (C=O) groups is 1. The van der Waals surface area contributed by atoms with E-state index in [-0.39, 0.29) is 5.91 Å². The maximum atomic E-state index is 12.7. The van der Waals surface area contributed by atoms with Gasteiger partial charge in [-0.25, -0.2) is 0 Å². The molecule has 3 rings (SSSR count). The van der Waals surface area contributed by atoms with E-state index in [2.05, 4.69) is 4.90 Å². The molecule has 0 aromatic heterocycles. The number of nitrogens with two attached hydrogens (primary N) is 1. The quantitative estimate of drug-likeness (QED) is 0.829. The second kappa shape index (κ2) is 5.24. The molecule has 2 fully saturated rings. The highest BCUT2D eigenvalue weighted by molar-refractivity contribution is 5.99. The van der Waals surface area contributed by atoms with Gasteiger partial charge < -0.3 is 10.6 Å². The molecule has 1 aliphatic carbocycles. The number of nitrogens with zero attached hydrogens (tertiary/aromatic N) is 1. The van der Waals surface area contributed by atoms with Crippen LogP contribution in [0, 0.1) is 5.92 Å². The van der Waals surface area contributed by atoms with Crippen LogP contribution in [0.25, 0.3) is 0 Å². The number of amides is 1. The van der Waals surface area contributed by atoms with Crippen molar-refractivity contribution in [2.45, 2.75) is 44.6 Å². The van der Waals surface area contributed by atoms with Crippen molar-refractivity contribution in [3.05, 3.63) is 29.8 Å². The zero-order chi connectivity index (χ0) is 13.2. The molecule has 102 valence electrons. The van der Waals surface area contributed by atoms with E-state index >= 15 is 0 Å². The summed E-state index contributed by atoms with van der Waals surface area (Å²) in [5.41, 5.74) is 7.22. The fourth-order valence-corrected chi connectivity index (χ4v) is 3.72. The van der Waals surface area contributed by atoms with Crippen molar-refractivity contribution in [2.75, 3.05) is 12.3 Å². The number of benzene rings is 1. The fourth-order valence-electron chi connectivity index (χ4n) is 3.72. The lowest BCUT2D eigenvalue weighted by Crippen LogP contribution is -2.39. The van der Waals surface area contributed by atoms with Crippen LogP contribution >= 0.6 is 0 Å². The van der Waals surface area contributed by atoms with Crippen LogP contribution in [0.1, 0.15) is 48.9 Å². The van der Waals surface area contributed by atoms with Crippen molar-refractivity contribution < 1.29 is 4.79 Å². The minimum Gasteiger partial charge on any atom is -0.398 e. The molecule has 1 aromatic carbocycles. The van der Waals surface area contributed by atoms with E-state index in [4.69, 9.17) is 5.73 Å². The lowest BCUT2D eigenvalue weighted by molar-refractivity contribution is 0.0690. The summed E-state index contributed by atoms with van der Waals surface area (Å²) in [6.07, 6.45) is 7.55. The van der Waals surface area contributed by atoms with Crippen LogP contribution in [0.3, 0.4) is 0 Å². The van der Waals surface area contributed by atoms with Crippen molar-refractivity contribution >= 4 is 11.6 Å². The first kappa shape index (κ1) is 12.5. The molecule has 2 N–H and O–H groups in total. The predicted molar refractivity (Wildman–Crippen MR) is 76.9 cm³/mol. The lowest BCUT2D eigenvalue weighted by atomic mass is 9.95. The Morgan fingerprint density at radius 3 is 2.58 bits per heavy atom. The molecule has 1 amide bonds. The molecule has 0 bridgehead atoms. The van der Waals surface area contributed by atoms with E-state index in [9.17, 15) is 4.79 Å². The highest BCUT2D eigenvalue weighted by Crippen LogP contribution is 2.36. The number of carbonyl (C=O) groups excluding carboxylic acids is 1. The molecule has 19 heavy (non-hydrogen) atoms. The number of hydrogen-bond acceptors (Lipinski definition) is 2. The minimum absolute atomic E-state index is 0.132. The van der Waals surface area contributed by atoms with Crippen LogP contribution in [-0.4, -0.2) is 23.4 Å². The lowest BCUT2D eigenvalue weighted by Gasteiger charge is -2.29. The van der Waals surface area contributed by atoms with Crippen molar-refractivity contribution in [3.63, 3.8) is 0 Å². The largest absolute Gasteiger partial charge is 0.398 e. The van der Waals surface area contributed by atoms with E-state index in [0.29, 0.717) is 17.3 Å². The molecule has 1 aromatic rings. The van der Waals surface area contributed by atoms with Crippen LogP contribution in [0.2, 0.25) is 0 Å². The average molecular weight is 258 g/mol. The van der Waals surface area contributed by atoms with Crippen molar-refractivity contribution in [2.24, 2.45) is 5.92 Å². The Balaban J connectivity index is 1.80. The second-order valence-corrected chi connectivity index (χ2v) is 5.84. The van der Waals surface area contributed by atoms with Gasteiger partial charge in [0.25, 0.3) is 5.91 Å². The van der Waals surface area contributed by atoms with Crippen molar-refractivity contribution in [3.8, 4) is 0 Å². The van der Waals surface area contributed by atoms with Gasteiger partial charge in [0.2, 0.25) is 0 Å². The third-order valence-electron chi connectivity index (χ3n) is 4.70. The van der Waals surface area contributed by atoms with Gasteiger partial charge in [-0.2, -0.15) is 0 Å². The van der Waals surface area contributed by atoms with E-state index in [1.54, 1.807) is 0 Å². The predicted octanol–water partition coefficient (Wildman–Crippen LogP) is 3.06. The Labute approximate surface area is 114 Å². The summed E-state index contributed by atoms with van der Waals surface area (Å²) in [5, 5.41) is 0. The smallest absolute Gasteiger partial charge is 0.256 e. The van der Waals surface area contributed by atoms with Crippen molar-refractivity contribution in [1.29, 1.82) is 0 Å². The summed E-state index contributed by atoms with van der Waals surface area (Å²) in [6, 6.07) is 7.89. The Morgan fingerprint density at radius 2 is 1.84 bits per heavy atom. The molecule has 1 unspecified atom stereocenters. The Morgan fingerprint density at radius 1 is 1.11 bits per heavy atom. The standard InChI is InChI=1S/C16H22N2O/c17-14-9-4-3-8-13(14)16(19)18-11-5-10-15(18)12-6-1-2-7-12/h3-4,8-9,12,15H,1-2,5-7,10-11,17H2. The maximum Gasteiger partial charge on any atom is 0.256 e. The second-order valence-electron chi connectivity index (χ2n) is 5.84. The zero-order valence-corrected chi connectivity index (χ0v) is 11.3. The third kappa shape index (κ3) is 2.34. The van der Waals surface area contributed by atoms with Gasteiger partial charge in [-0.05, 0) is 43.7 Å². The number of rotatable bonds is 2. The number of hydrogen-bond donors (Lipinski definition) is 1. The number of para-hydroxylation sites is 1. The summed E-state index contributed by atoms with van der Waals surface area (Å²) in [4.78, 5) is 14.8. The Hall–Kier alpha value is -1.51. The van der Waals surface area contributed by atoms with Crippen molar-refractivity contribution in [1.82, 2.24) is 4.90 Å². The third-order valence-corrected chi connectivity index (χ3v) is 4.70. The molecule has 1 heterocycles. The molecule has 0 radical (unpaired) electrons. The first-order valence-electron chi connectivity index (χ1n) is 7.43. The van der Waals surface area contributed by atoms with E-state index in [0.717, 1.165) is 18.9 Å². The van der Waals surface area contributed by atoms with Crippen LogP contribution in [0.5, 0.6) is 0 Å². The van der Waals surface area contributed by atoms with Gasteiger partial charge in [0.15, 0.2) is 0 Å². The van der Waals surface area contributed by atoms with Gasteiger partial charge in [0.05, 0.1) is 5.56 Å². The highest BCUT2D eigenvalue weighted by Gasteiger charge is 2.36. The van der Waals surface area contributed by atoms with E-state index in [1.165, 1.54) is 32.1 Å². The van der Waals surface area contributed by atoms with Gasteiger partial charge in [0.1, 0.15) is 0 Å². The first-order valence-corrected chi connectivity index (χ1v) is 7.43. The van der Waals surface area contributed by atoms with Crippen LogP contribution in [0.4, 0.5) is 5.69 Å². The topological polar surface area (TPSA) is 46.3 Å². The average Bonchev–Trinajstić information content (AvgIpc) is 3.09. The fraction of sp³-hybridized carbons (Fsp3) is 0.562. The molecule has 3 heteroatoms. The summed E-state index contributed by atoms with van der Waals surface area (Å²) >= 11 is 0. The maximum absolute atomic E-state index is 12.7. The monoisotopic (exact) mass is 258 g/mol. The van der Waals surface area contributed by atoms with Gasteiger partial charge in [-0.3, -0.25) is 4.79 Å². The molecule has 2 aliphatic rings. The van der Waals surface area contributed by atoms with E-state index in [1.807, 2.05) is 24.3 Å². The zero-order valence-electron chi connectivity index (χ0n) is 11.3. The van der Waals surface area contributed by atoms with Gasteiger partial charge in [0, 0.05) is 18.3 Å². The van der Waals surface area contributed by atoms with E-state index < -0.39 is 0 Å². The van der Waals surface area contributed by atoms with Gasteiger partial charge in [-0.15, -0.1) is 0 Å². The Bertz CT molecular complexity index is 466. The first-order chi connectivity index (χ1) is 9.27. The molecule has 3 nitrogen and oxygen atoms in total. The number of anilines is 1. The van der Waals surface area contributed by atoms with Gasteiger partial charge >= 0.3 is 0 Å². The molecule has 1 aliphatic heterocycles. The summed E-state index contributed by atoms with van der Waals surface area (Å²) in [5.74, 6) is 0.851. The molecule has 1 saturated carbocycles. The molecular weight excluding hydrogens is 236 g/mol. The SMILES string of the molecule is Nc1ccccc1C(=O)N1CCCC1C1CCCC1. The molecular formula is C16H22N2O.